The summed E-state index contributed by atoms with van der Waals surface area (Å²) in [5, 5.41) is -0.513. The summed E-state index contributed by atoms with van der Waals surface area (Å²) in [6, 6.07) is 0. The van der Waals surface area contributed by atoms with Gasteiger partial charge in [0.1, 0.15) is 5.25 Å². The fraction of sp³-hybridized carbons (Fsp3) is 1.00. The van der Waals surface area contributed by atoms with E-state index in [9.17, 15) is 17.1 Å². The first-order chi connectivity index (χ1) is 6.55. The van der Waals surface area contributed by atoms with Crippen molar-refractivity contribution in [2.24, 2.45) is 0 Å². The van der Waals surface area contributed by atoms with Crippen LogP contribution in [0.4, 0.5) is 17.1 Å². The van der Waals surface area contributed by atoms with Gasteiger partial charge in [-0.2, -0.15) is 21.5 Å². The van der Waals surface area contributed by atoms with E-state index in [0.717, 1.165) is 17.6 Å². The number of hydrogen-bond donors (Lipinski definition) is 0. The van der Waals surface area contributed by atoms with Crippen molar-refractivity contribution in [1.29, 1.82) is 0 Å². The van der Waals surface area contributed by atoms with Gasteiger partial charge in [0.05, 0.1) is 0 Å². The van der Waals surface area contributed by atoms with Crippen molar-refractivity contribution >= 4 is 10.6 Å². The fourth-order valence-corrected chi connectivity index (χ4v) is 2.55. The molecule has 2 atom stereocenters. The van der Waals surface area contributed by atoms with Crippen molar-refractivity contribution in [3.8, 4) is 0 Å². The van der Waals surface area contributed by atoms with Crippen molar-refractivity contribution in [1.82, 2.24) is 9.42 Å². The fourth-order valence-electron chi connectivity index (χ4n) is 0.944. The molecule has 2 nitrogen and oxygen atoms in total. The summed E-state index contributed by atoms with van der Waals surface area (Å²) in [6.45, 7) is 3.10. The summed E-state index contributed by atoms with van der Waals surface area (Å²) in [6.07, 6.45) is -3.47. The van der Waals surface area contributed by atoms with Gasteiger partial charge in [-0.25, -0.2) is 5.01 Å². The van der Waals surface area contributed by atoms with Crippen LogP contribution in [0, 0.1) is 0 Å². The molecule has 0 aliphatic heterocycles. The molecule has 0 heterocycles. The molecule has 0 radical (unpaired) electrons. The van der Waals surface area contributed by atoms with E-state index in [2.05, 4.69) is 0 Å². The normalized spacial score (nSPS) is 21.5. The summed E-state index contributed by atoms with van der Waals surface area (Å²) in [7, 11) is -0.462. The molecule has 15 heavy (non-hydrogen) atoms. The third-order valence-electron chi connectivity index (χ3n) is 2.56. The van der Waals surface area contributed by atoms with Crippen LogP contribution in [-0.2, 0) is 0 Å². The van der Waals surface area contributed by atoms with Crippen LogP contribution in [0.1, 0.15) is 13.8 Å². The van der Waals surface area contributed by atoms with E-state index in [0.29, 0.717) is 6.54 Å². The zero-order valence-corrected chi connectivity index (χ0v) is 10.4. The van der Waals surface area contributed by atoms with E-state index < -0.39 is 22.0 Å². The monoisotopic (exact) mass is 250 g/mol. The van der Waals surface area contributed by atoms with Crippen LogP contribution >= 0.6 is 10.6 Å². The van der Waals surface area contributed by atoms with E-state index in [-0.39, 0.29) is 0 Å². The van der Waals surface area contributed by atoms with Crippen LogP contribution in [0.5, 0.6) is 0 Å². The molecule has 7 heteroatoms. The Morgan fingerprint density at radius 1 is 1.27 bits per heavy atom. The molecule has 0 amide bonds. The number of halogens is 4. The predicted molar refractivity (Wildman–Crippen MR) is 56.2 cm³/mol. The first-order valence-corrected chi connectivity index (χ1v) is 6.49. The molecule has 2 unspecified atom stereocenters. The molecule has 0 saturated heterocycles. The van der Waals surface area contributed by atoms with Crippen molar-refractivity contribution in [2.45, 2.75) is 25.3 Å². The van der Waals surface area contributed by atoms with E-state index in [4.69, 9.17) is 0 Å². The minimum atomic E-state index is -4.50. The second-order valence-electron chi connectivity index (χ2n) is 3.46. The molecule has 0 bridgehead atoms. The Balaban J connectivity index is 4.81. The van der Waals surface area contributed by atoms with Crippen LogP contribution in [0.25, 0.3) is 0 Å². The molecule has 0 aromatic heterocycles. The number of nitrogens with zero attached hydrogens (tertiary/aromatic N) is 2. The summed E-state index contributed by atoms with van der Waals surface area (Å²) in [5.74, 6) is 0. The minimum absolute atomic E-state index is 0.466. The second kappa shape index (κ2) is 4.88. The Bertz CT molecular complexity index is 207. The van der Waals surface area contributed by atoms with Gasteiger partial charge in [-0.1, -0.05) is 6.92 Å². The highest BCUT2D eigenvalue weighted by Gasteiger charge is 2.48. The zero-order valence-electron chi connectivity index (χ0n) is 9.60. The first-order valence-electron chi connectivity index (χ1n) is 4.53. The first kappa shape index (κ1) is 15.0. The Hall–Kier alpha value is -0.0100. The molecule has 0 rings (SSSR count). The van der Waals surface area contributed by atoms with Crippen LogP contribution in [0.3, 0.4) is 0 Å². The quantitative estimate of drug-likeness (QED) is 0.559. The van der Waals surface area contributed by atoms with Gasteiger partial charge in [-0.3, -0.25) is 0 Å². The summed E-state index contributed by atoms with van der Waals surface area (Å²) in [5.41, 5.74) is 0. The molecule has 0 aromatic carbocycles. The standard InChI is InChI=1S/C8H18F4N2S/c1-6-13(3)14(4)15(5,12)7(2)8(9,10)11/h7H,6H2,1-5H3. The highest BCUT2D eigenvalue weighted by molar-refractivity contribution is 8.27. The lowest BCUT2D eigenvalue weighted by atomic mass is 10.5. The van der Waals surface area contributed by atoms with Crippen LogP contribution in [0.2, 0.25) is 0 Å². The molecule has 94 valence electrons. The number of hydrazine groups is 1. The van der Waals surface area contributed by atoms with E-state index in [1.54, 1.807) is 14.0 Å². The summed E-state index contributed by atoms with van der Waals surface area (Å²) >= 11 is 0. The average Bonchev–Trinajstić information content (AvgIpc) is 2.12. The second-order valence-corrected chi connectivity index (χ2v) is 6.37. The molecule has 0 fully saturated rings. The lowest BCUT2D eigenvalue weighted by molar-refractivity contribution is -0.128. The van der Waals surface area contributed by atoms with E-state index >= 15 is 0 Å². The zero-order chi connectivity index (χ0) is 12.4. The van der Waals surface area contributed by atoms with Crippen LogP contribution in [0.15, 0.2) is 0 Å². The van der Waals surface area contributed by atoms with E-state index in [1.807, 2.05) is 0 Å². The minimum Gasteiger partial charge on any atom is -0.235 e. The number of hydrogen-bond acceptors (Lipinski definition) is 2. The smallest absolute Gasteiger partial charge is 0.235 e. The Morgan fingerprint density at radius 2 is 1.67 bits per heavy atom. The van der Waals surface area contributed by atoms with Crippen molar-refractivity contribution in [2.75, 3.05) is 26.9 Å². The highest BCUT2D eigenvalue weighted by Crippen LogP contribution is 2.58. The highest BCUT2D eigenvalue weighted by atomic mass is 32.3. The predicted octanol–water partition coefficient (Wildman–Crippen LogP) is 2.97. The summed E-state index contributed by atoms with van der Waals surface area (Å²) < 4.78 is 52.3. The molecular formula is C8H18F4N2S. The Kier molecular flexibility index (Phi) is 4.88. The maximum atomic E-state index is 14.1. The Morgan fingerprint density at radius 3 is 1.93 bits per heavy atom. The topological polar surface area (TPSA) is 6.48 Å². The molecule has 0 aliphatic carbocycles. The molecule has 0 spiro atoms. The lowest BCUT2D eigenvalue weighted by Crippen LogP contribution is -2.43. The van der Waals surface area contributed by atoms with Gasteiger partial charge in [-0.05, 0) is 17.5 Å². The molecule has 0 N–H and O–H groups in total. The Labute approximate surface area is 89.9 Å². The maximum absolute atomic E-state index is 14.1. The van der Waals surface area contributed by atoms with Crippen LogP contribution in [-0.4, -0.2) is 47.7 Å². The van der Waals surface area contributed by atoms with Crippen molar-refractivity contribution in [3.05, 3.63) is 0 Å². The van der Waals surface area contributed by atoms with E-state index in [1.165, 1.54) is 12.1 Å². The van der Waals surface area contributed by atoms with Crippen LogP contribution < -0.4 is 0 Å². The van der Waals surface area contributed by atoms with Crippen molar-refractivity contribution in [3.63, 3.8) is 0 Å². The van der Waals surface area contributed by atoms with Gasteiger partial charge in [0, 0.05) is 26.9 Å². The molecular weight excluding hydrogens is 232 g/mol. The molecule has 0 saturated carbocycles. The van der Waals surface area contributed by atoms with Gasteiger partial charge in [0.2, 0.25) is 0 Å². The maximum Gasteiger partial charge on any atom is 0.402 e. The largest absolute Gasteiger partial charge is 0.402 e. The van der Waals surface area contributed by atoms with Gasteiger partial charge < -0.3 is 0 Å². The van der Waals surface area contributed by atoms with Gasteiger partial charge in [0.25, 0.3) is 0 Å². The number of alkyl halides is 3. The SMILES string of the molecule is CCN(C)N(C)S(C)(F)C(C)C(F)(F)F. The third kappa shape index (κ3) is 3.49. The third-order valence-corrected chi connectivity index (χ3v) is 5.43. The average molecular weight is 250 g/mol. The number of rotatable bonds is 4. The molecule has 0 aromatic rings. The van der Waals surface area contributed by atoms with Gasteiger partial charge in [-0.15, -0.1) is 0 Å². The lowest BCUT2D eigenvalue weighted by Gasteiger charge is -2.44. The van der Waals surface area contributed by atoms with Crippen molar-refractivity contribution < 1.29 is 17.1 Å². The van der Waals surface area contributed by atoms with Gasteiger partial charge >= 0.3 is 6.18 Å². The summed E-state index contributed by atoms with van der Waals surface area (Å²) in [4.78, 5) is 0. The van der Waals surface area contributed by atoms with Gasteiger partial charge in [0.15, 0.2) is 0 Å². The molecule has 0 aliphatic rings.